The van der Waals surface area contributed by atoms with Gasteiger partial charge in [0.1, 0.15) is 0 Å². The first-order chi connectivity index (χ1) is 10.7. The summed E-state index contributed by atoms with van der Waals surface area (Å²) in [6, 6.07) is 4.48. The summed E-state index contributed by atoms with van der Waals surface area (Å²) in [5.41, 5.74) is 3.10. The van der Waals surface area contributed by atoms with E-state index in [0.29, 0.717) is 5.92 Å². The summed E-state index contributed by atoms with van der Waals surface area (Å²) in [5, 5.41) is 0. The summed E-state index contributed by atoms with van der Waals surface area (Å²) < 4.78 is 2.11. The van der Waals surface area contributed by atoms with Crippen LogP contribution < -0.4 is 0 Å². The van der Waals surface area contributed by atoms with Gasteiger partial charge in [-0.2, -0.15) is 0 Å². The van der Waals surface area contributed by atoms with Gasteiger partial charge in [-0.3, -0.25) is 4.98 Å². The van der Waals surface area contributed by atoms with Gasteiger partial charge in [-0.25, -0.2) is 0 Å². The molecule has 0 aromatic carbocycles. The van der Waals surface area contributed by atoms with Crippen LogP contribution in [0.5, 0.6) is 0 Å². The van der Waals surface area contributed by atoms with Crippen molar-refractivity contribution in [3.8, 4) is 0 Å². The van der Waals surface area contributed by atoms with E-state index in [9.17, 15) is 0 Å². The van der Waals surface area contributed by atoms with E-state index < -0.39 is 0 Å². The summed E-state index contributed by atoms with van der Waals surface area (Å²) >= 11 is 4.96. The van der Waals surface area contributed by atoms with Gasteiger partial charge in [-0.1, -0.05) is 53.5 Å². The minimum Gasteiger partial charge on any atom is -0.260 e. The Morgan fingerprint density at radius 2 is 1.82 bits per heavy atom. The quantitative estimate of drug-likeness (QED) is 0.241. The molecule has 3 rings (SSSR count). The number of pyridine rings is 1. The highest BCUT2D eigenvalue weighted by atomic mass is 127. The van der Waals surface area contributed by atoms with Crippen molar-refractivity contribution in [2.24, 2.45) is 5.92 Å². The minimum absolute atomic E-state index is 0.667. The van der Waals surface area contributed by atoms with Crippen LogP contribution in [0.4, 0.5) is 0 Å². The van der Waals surface area contributed by atoms with Crippen molar-refractivity contribution in [3.63, 3.8) is 0 Å². The second kappa shape index (κ2) is 8.45. The maximum Gasteiger partial charge on any atom is 0.0435 e. The summed E-state index contributed by atoms with van der Waals surface area (Å²) in [7, 11) is 0. The molecule has 120 valence electrons. The summed E-state index contributed by atoms with van der Waals surface area (Å²) in [4.78, 5) is 4.74. The Morgan fingerprint density at radius 3 is 2.50 bits per heavy atom. The molecule has 3 atom stereocenters. The van der Waals surface area contributed by atoms with Gasteiger partial charge in [0.15, 0.2) is 0 Å². The van der Waals surface area contributed by atoms with Gasteiger partial charge in [-0.15, -0.1) is 0 Å². The molecule has 1 nitrogen and oxygen atoms in total. The van der Waals surface area contributed by atoms with E-state index in [0.717, 1.165) is 9.84 Å². The fourth-order valence-corrected chi connectivity index (χ4v) is 4.85. The first-order valence-corrected chi connectivity index (χ1v) is 11.0. The number of hydrogen-bond acceptors (Lipinski definition) is 1. The molecule has 0 N–H and O–H groups in total. The van der Waals surface area contributed by atoms with Gasteiger partial charge < -0.3 is 0 Å². The van der Waals surface area contributed by atoms with Crippen molar-refractivity contribution >= 4 is 45.2 Å². The Kier molecular flexibility index (Phi) is 6.60. The number of halogens is 2. The first kappa shape index (κ1) is 17.2. The van der Waals surface area contributed by atoms with Crippen LogP contribution in [0.1, 0.15) is 69.4 Å². The third-order valence-corrected chi connectivity index (χ3v) is 7.02. The number of hydrogen-bond donors (Lipinski definition) is 0. The lowest BCUT2D eigenvalue weighted by molar-refractivity contribution is 0.368. The molecular weight excluding hydrogens is 496 g/mol. The number of alkyl halides is 1. The highest BCUT2D eigenvalue weighted by molar-refractivity contribution is 14.1. The van der Waals surface area contributed by atoms with Crippen LogP contribution in [0, 0.1) is 9.49 Å². The van der Waals surface area contributed by atoms with E-state index in [1.807, 2.05) is 6.20 Å². The first-order valence-electron chi connectivity index (χ1n) is 8.67. The predicted octanol–water partition coefficient (Wildman–Crippen LogP) is 6.65. The maximum atomic E-state index is 4.74. The second-order valence-electron chi connectivity index (χ2n) is 6.82. The molecule has 22 heavy (non-hydrogen) atoms. The third-order valence-electron chi connectivity index (χ3n) is 5.25. The van der Waals surface area contributed by atoms with Crippen LogP contribution in [-0.2, 0) is 0 Å². The van der Waals surface area contributed by atoms with Gasteiger partial charge in [0.2, 0.25) is 0 Å². The fourth-order valence-electron chi connectivity index (χ4n) is 3.96. The van der Waals surface area contributed by atoms with Crippen molar-refractivity contribution in [1.29, 1.82) is 0 Å². The van der Waals surface area contributed by atoms with Crippen LogP contribution in [0.3, 0.4) is 0 Å². The van der Waals surface area contributed by atoms with Gasteiger partial charge in [-0.05, 0) is 79.2 Å². The topological polar surface area (TPSA) is 12.9 Å². The molecule has 2 aliphatic carbocycles. The van der Waals surface area contributed by atoms with Gasteiger partial charge in [0.05, 0.1) is 0 Å². The molecule has 0 radical (unpaired) electrons. The molecule has 0 saturated heterocycles. The average molecular weight is 521 g/mol. The smallest absolute Gasteiger partial charge is 0.0435 e. The van der Waals surface area contributed by atoms with Crippen molar-refractivity contribution in [1.82, 2.24) is 4.98 Å². The molecule has 1 saturated carbocycles. The zero-order chi connectivity index (χ0) is 15.4. The monoisotopic (exact) mass is 521 g/mol. The Bertz CT molecular complexity index is 509. The lowest BCUT2D eigenvalue weighted by Gasteiger charge is -2.30. The zero-order valence-corrected chi connectivity index (χ0v) is 17.4. The number of aromatic nitrogens is 1. The molecule has 0 amide bonds. The average Bonchev–Trinajstić information content (AvgIpc) is 2.50. The highest BCUT2D eigenvalue weighted by Crippen LogP contribution is 2.39. The number of rotatable bonds is 2. The van der Waals surface area contributed by atoms with E-state index in [-0.39, 0.29) is 0 Å². The largest absolute Gasteiger partial charge is 0.260 e. The van der Waals surface area contributed by atoms with Gasteiger partial charge in [0, 0.05) is 25.3 Å². The molecule has 0 aliphatic heterocycles. The van der Waals surface area contributed by atoms with Crippen molar-refractivity contribution in [2.45, 2.75) is 67.6 Å². The zero-order valence-electron chi connectivity index (χ0n) is 13.1. The predicted molar refractivity (Wildman–Crippen MR) is 111 cm³/mol. The molecule has 1 heterocycles. The molecule has 2 aliphatic rings. The Morgan fingerprint density at radius 1 is 1.00 bits per heavy atom. The van der Waals surface area contributed by atoms with E-state index in [1.54, 1.807) is 5.57 Å². The standard InChI is InChI=1S/C19H25I2N/c20-17-8-6-14(7-9-17)15-4-2-1-3-5-16(12-15)19-11-10-18(21)13-22-19/h6,10-11,13,15-17H,1-5,7-9,12H2. The molecule has 1 fully saturated rings. The maximum absolute atomic E-state index is 4.74. The van der Waals surface area contributed by atoms with Crippen LogP contribution in [0.25, 0.3) is 0 Å². The van der Waals surface area contributed by atoms with Gasteiger partial charge >= 0.3 is 0 Å². The molecule has 0 bridgehead atoms. The molecule has 3 heteroatoms. The molecule has 3 unspecified atom stereocenters. The number of nitrogens with zero attached hydrogens (tertiary/aromatic N) is 1. The van der Waals surface area contributed by atoms with E-state index in [4.69, 9.17) is 4.98 Å². The van der Waals surface area contributed by atoms with E-state index in [2.05, 4.69) is 63.4 Å². The minimum atomic E-state index is 0.667. The number of allylic oxidation sites excluding steroid dienone is 2. The lowest BCUT2D eigenvalue weighted by atomic mass is 9.76. The molecular formula is C19H25I2N. The van der Waals surface area contributed by atoms with Crippen molar-refractivity contribution < 1.29 is 0 Å². The molecule has 0 spiro atoms. The van der Waals surface area contributed by atoms with Crippen LogP contribution in [0.2, 0.25) is 0 Å². The van der Waals surface area contributed by atoms with Crippen LogP contribution >= 0.6 is 45.2 Å². The Labute approximate surface area is 162 Å². The Balaban J connectivity index is 1.74. The van der Waals surface area contributed by atoms with E-state index >= 15 is 0 Å². The van der Waals surface area contributed by atoms with Crippen molar-refractivity contribution in [3.05, 3.63) is 39.2 Å². The van der Waals surface area contributed by atoms with Crippen LogP contribution in [0.15, 0.2) is 30.0 Å². The summed E-state index contributed by atoms with van der Waals surface area (Å²) in [6.45, 7) is 0. The van der Waals surface area contributed by atoms with Gasteiger partial charge in [0.25, 0.3) is 0 Å². The Hall–Kier alpha value is 0.350. The third kappa shape index (κ3) is 4.68. The summed E-state index contributed by atoms with van der Waals surface area (Å²) in [5.74, 6) is 1.48. The van der Waals surface area contributed by atoms with E-state index in [1.165, 1.54) is 67.1 Å². The van der Waals surface area contributed by atoms with Crippen molar-refractivity contribution in [2.75, 3.05) is 0 Å². The normalized spacial score (nSPS) is 30.3. The van der Waals surface area contributed by atoms with Crippen LogP contribution in [-0.4, -0.2) is 8.91 Å². The molecule has 1 aromatic rings. The fraction of sp³-hybridized carbons (Fsp3) is 0.632. The second-order valence-corrected chi connectivity index (χ2v) is 9.83. The molecule has 1 aromatic heterocycles. The SMILES string of the molecule is Ic1ccc(C2CCCCCC(C3=CCC(I)CC3)C2)nc1. The lowest BCUT2D eigenvalue weighted by Crippen LogP contribution is -2.17. The summed E-state index contributed by atoms with van der Waals surface area (Å²) in [6.07, 6.45) is 16.9. The highest BCUT2D eigenvalue weighted by Gasteiger charge is 2.25.